The Balaban J connectivity index is 2.67. The zero-order valence-corrected chi connectivity index (χ0v) is 10.7. The van der Waals surface area contributed by atoms with Crippen LogP contribution < -0.4 is 5.43 Å². The predicted octanol–water partition coefficient (Wildman–Crippen LogP) is 2.85. The van der Waals surface area contributed by atoms with Gasteiger partial charge in [0.15, 0.2) is 0 Å². The molecular formula is C11H13BrN2O2. The minimum atomic E-state index is -0.577. The summed E-state index contributed by atoms with van der Waals surface area (Å²) in [5.74, 6) is 0. The van der Waals surface area contributed by atoms with E-state index >= 15 is 0 Å². The molecule has 16 heavy (non-hydrogen) atoms. The molecule has 0 saturated heterocycles. The number of nitrogens with zero attached hydrogens (tertiary/aromatic N) is 1. The van der Waals surface area contributed by atoms with E-state index in [4.69, 9.17) is 0 Å². The molecular weight excluding hydrogens is 272 g/mol. The second-order valence-electron chi connectivity index (χ2n) is 3.13. The third-order valence-electron chi connectivity index (χ3n) is 1.97. The third kappa shape index (κ3) is 3.66. The predicted molar refractivity (Wildman–Crippen MR) is 66.8 cm³/mol. The number of alkyl halides is 1. The lowest BCUT2D eigenvalue weighted by Crippen LogP contribution is -2.19. The van der Waals surface area contributed by atoms with E-state index in [1.54, 1.807) is 0 Å². The number of methoxy groups -OCH3 is 1. The molecule has 1 rings (SSSR count). The van der Waals surface area contributed by atoms with Gasteiger partial charge in [-0.1, -0.05) is 46.3 Å². The van der Waals surface area contributed by atoms with Gasteiger partial charge in [-0.25, -0.2) is 10.2 Å². The van der Waals surface area contributed by atoms with Crippen LogP contribution in [0.15, 0.2) is 35.4 Å². The van der Waals surface area contributed by atoms with Crippen LogP contribution in [0.1, 0.15) is 17.3 Å². The van der Waals surface area contributed by atoms with Crippen molar-refractivity contribution < 1.29 is 9.53 Å². The number of nitrogens with one attached hydrogen (secondary N) is 1. The molecule has 5 heteroatoms. The summed E-state index contributed by atoms with van der Waals surface area (Å²) in [4.78, 5) is 10.8. The van der Waals surface area contributed by atoms with E-state index in [-0.39, 0.29) is 4.83 Å². The molecule has 0 aliphatic rings. The van der Waals surface area contributed by atoms with Crippen LogP contribution in [-0.2, 0) is 4.74 Å². The maximum absolute atomic E-state index is 10.8. The highest BCUT2D eigenvalue weighted by molar-refractivity contribution is 9.09. The van der Waals surface area contributed by atoms with Gasteiger partial charge in [-0.3, -0.25) is 0 Å². The Morgan fingerprint density at radius 3 is 2.62 bits per heavy atom. The van der Waals surface area contributed by atoms with Crippen molar-refractivity contribution in [1.29, 1.82) is 0 Å². The number of ether oxygens (including phenoxy) is 1. The third-order valence-corrected chi connectivity index (χ3v) is 3.16. The normalized spacial score (nSPS) is 13.1. The molecule has 1 aromatic rings. The molecule has 1 N–H and O–H groups in total. The SMILES string of the molecule is COC(=O)N/N=C(\C)C(Br)c1ccccc1. The monoisotopic (exact) mass is 284 g/mol. The number of hydrogen-bond acceptors (Lipinski definition) is 3. The van der Waals surface area contributed by atoms with Gasteiger partial charge in [0.2, 0.25) is 0 Å². The van der Waals surface area contributed by atoms with Crippen LogP contribution >= 0.6 is 15.9 Å². The summed E-state index contributed by atoms with van der Waals surface area (Å²) >= 11 is 3.50. The molecule has 0 spiro atoms. The number of hydrazone groups is 1. The first-order valence-electron chi connectivity index (χ1n) is 4.72. The number of carbonyl (C=O) groups excluding carboxylic acids is 1. The smallest absolute Gasteiger partial charge is 0.427 e. The first-order chi connectivity index (χ1) is 7.65. The Bertz CT molecular complexity index is 379. The van der Waals surface area contributed by atoms with Crippen molar-refractivity contribution in [2.24, 2.45) is 5.10 Å². The lowest BCUT2D eigenvalue weighted by molar-refractivity contribution is 0.171. The second-order valence-corrected chi connectivity index (χ2v) is 4.05. The Morgan fingerprint density at radius 1 is 1.44 bits per heavy atom. The summed E-state index contributed by atoms with van der Waals surface area (Å²) in [6.07, 6.45) is -0.577. The van der Waals surface area contributed by atoms with Crippen LogP contribution in [0.4, 0.5) is 4.79 Å². The molecule has 4 nitrogen and oxygen atoms in total. The number of rotatable bonds is 3. The Morgan fingerprint density at radius 2 is 2.06 bits per heavy atom. The molecule has 1 unspecified atom stereocenters. The highest BCUT2D eigenvalue weighted by Crippen LogP contribution is 2.23. The average molecular weight is 285 g/mol. The van der Waals surface area contributed by atoms with Crippen molar-refractivity contribution in [3.8, 4) is 0 Å². The molecule has 0 radical (unpaired) electrons. The quantitative estimate of drug-likeness (QED) is 0.527. The van der Waals surface area contributed by atoms with E-state index in [9.17, 15) is 4.79 Å². The number of halogens is 1. The van der Waals surface area contributed by atoms with E-state index in [1.165, 1.54) is 7.11 Å². The van der Waals surface area contributed by atoms with E-state index in [1.807, 2.05) is 37.3 Å². The van der Waals surface area contributed by atoms with Crippen molar-refractivity contribution in [2.75, 3.05) is 7.11 Å². The topological polar surface area (TPSA) is 50.7 Å². The van der Waals surface area contributed by atoms with Crippen molar-refractivity contribution in [1.82, 2.24) is 5.43 Å². The van der Waals surface area contributed by atoms with Crippen LogP contribution in [0, 0.1) is 0 Å². The summed E-state index contributed by atoms with van der Waals surface area (Å²) < 4.78 is 4.41. The standard InChI is InChI=1S/C11H13BrN2O2/c1-8(13-14-11(15)16-2)10(12)9-6-4-3-5-7-9/h3-7,10H,1-2H3,(H,14,15)/b13-8+. The van der Waals surface area contributed by atoms with E-state index in [0.29, 0.717) is 0 Å². The minimum absolute atomic E-state index is 0.0224. The van der Waals surface area contributed by atoms with Crippen LogP contribution in [-0.4, -0.2) is 18.9 Å². The summed E-state index contributed by atoms with van der Waals surface area (Å²) in [7, 11) is 1.29. The summed E-state index contributed by atoms with van der Waals surface area (Å²) in [5, 5.41) is 3.92. The molecule has 1 amide bonds. The zero-order valence-electron chi connectivity index (χ0n) is 9.11. The van der Waals surface area contributed by atoms with E-state index < -0.39 is 6.09 Å². The highest BCUT2D eigenvalue weighted by Gasteiger charge is 2.10. The minimum Gasteiger partial charge on any atom is -0.452 e. The van der Waals surface area contributed by atoms with Crippen LogP contribution in [0.3, 0.4) is 0 Å². The summed E-state index contributed by atoms with van der Waals surface area (Å²) in [6.45, 7) is 1.82. The van der Waals surface area contributed by atoms with Crippen molar-refractivity contribution in [2.45, 2.75) is 11.8 Å². The number of carbonyl (C=O) groups is 1. The van der Waals surface area contributed by atoms with Gasteiger partial charge >= 0.3 is 6.09 Å². The molecule has 0 aliphatic carbocycles. The Kier molecular flexibility index (Phi) is 4.98. The van der Waals surface area contributed by atoms with Gasteiger partial charge in [0, 0.05) is 0 Å². The fraction of sp³-hybridized carbons (Fsp3) is 0.273. The van der Waals surface area contributed by atoms with Crippen molar-refractivity contribution in [3.63, 3.8) is 0 Å². The van der Waals surface area contributed by atoms with Gasteiger partial charge in [-0.2, -0.15) is 5.10 Å². The first kappa shape index (κ1) is 12.7. The summed E-state index contributed by atoms with van der Waals surface area (Å²) in [6, 6.07) is 9.81. The van der Waals surface area contributed by atoms with E-state index in [2.05, 4.69) is 31.2 Å². The van der Waals surface area contributed by atoms with Gasteiger partial charge in [0.25, 0.3) is 0 Å². The number of hydrogen-bond donors (Lipinski definition) is 1. The molecule has 0 bridgehead atoms. The molecule has 0 aliphatic heterocycles. The fourth-order valence-corrected chi connectivity index (χ4v) is 1.51. The van der Waals surface area contributed by atoms with Gasteiger partial charge in [-0.15, -0.1) is 0 Å². The van der Waals surface area contributed by atoms with Crippen LogP contribution in [0.2, 0.25) is 0 Å². The number of benzene rings is 1. The van der Waals surface area contributed by atoms with Crippen molar-refractivity contribution >= 4 is 27.7 Å². The molecule has 0 saturated carbocycles. The largest absolute Gasteiger partial charge is 0.452 e. The highest BCUT2D eigenvalue weighted by atomic mass is 79.9. The lowest BCUT2D eigenvalue weighted by Gasteiger charge is -2.09. The molecule has 1 aromatic carbocycles. The molecule has 0 heterocycles. The second kappa shape index (κ2) is 6.27. The number of amides is 1. The maximum Gasteiger partial charge on any atom is 0.427 e. The van der Waals surface area contributed by atoms with Gasteiger partial charge < -0.3 is 4.74 Å². The first-order valence-corrected chi connectivity index (χ1v) is 5.64. The maximum atomic E-state index is 10.8. The average Bonchev–Trinajstić information content (AvgIpc) is 2.35. The molecule has 86 valence electrons. The van der Waals surface area contributed by atoms with Crippen LogP contribution in [0.5, 0.6) is 0 Å². The Labute approximate surface area is 103 Å². The summed E-state index contributed by atoms with van der Waals surface area (Å²) in [5.41, 5.74) is 4.11. The zero-order chi connectivity index (χ0) is 12.0. The lowest BCUT2D eigenvalue weighted by atomic mass is 10.1. The van der Waals surface area contributed by atoms with Gasteiger partial charge in [0.05, 0.1) is 17.6 Å². The molecule has 0 aromatic heterocycles. The van der Waals surface area contributed by atoms with E-state index in [0.717, 1.165) is 11.3 Å². The van der Waals surface area contributed by atoms with Gasteiger partial charge in [0.1, 0.15) is 0 Å². The molecule has 0 fully saturated rings. The molecule has 1 atom stereocenters. The fourth-order valence-electron chi connectivity index (χ4n) is 1.10. The van der Waals surface area contributed by atoms with Crippen molar-refractivity contribution in [3.05, 3.63) is 35.9 Å². The van der Waals surface area contributed by atoms with Crippen LogP contribution in [0.25, 0.3) is 0 Å². The Hall–Kier alpha value is -1.36. The van der Waals surface area contributed by atoms with Gasteiger partial charge in [-0.05, 0) is 12.5 Å².